The van der Waals surface area contributed by atoms with Crippen LogP contribution in [0.25, 0.3) is 11.3 Å². The number of furan rings is 1. The van der Waals surface area contributed by atoms with E-state index in [9.17, 15) is 8.78 Å². The number of nitrogens with one attached hydrogen (secondary N) is 1. The molecule has 0 aliphatic carbocycles. The second-order valence-corrected chi connectivity index (χ2v) is 4.20. The van der Waals surface area contributed by atoms with Gasteiger partial charge in [0.2, 0.25) is 0 Å². The molecule has 0 fully saturated rings. The van der Waals surface area contributed by atoms with Gasteiger partial charge >= 0.3 is 0 Å². The van der Waals surface area contributed by atoms with Crippen LogP contribution in [-0.2, 0) is 6.54 Å². The summed E-state index contributed by atoms with van der Waals surface area (Å²) in [5.74, 6) is -0.776. The average Bonchev–Trinajstić information content (AvgIpc) is 2.79. The molecule has 2 aromatic rings. The predicted octanol–water partition coefficient (Wildman–Crippen LogP) is 3.99. The maximum absolute atomic E-state index is 13.2. The highest BCUT2D eigenvalue weighted by Gasteiger charge is 2.13. The molecule has 0 saturated heterocycles. The zero-order valence-corrected chi connectivity index (χ0v) is 10.5. The fraction of sp³-hybridized carbons (Fsp3) is 0.231. The third-order valence-corrected chi connectivity index (χ3v) is 2.80. The van der Waals surface area contributed by atoms with Crippen molar-refractivity contribution in [3.63, 3.8) is 0 Å². The number of rotatable bonds is 4. The largest absolute Gasteiger partial charge is 0.460 e. The maximum Gasteiger partial charge on any atom is 0.160 e. The first-order valence-corrected chi connectivity index (χ1v) is 5.94. The molecular weight excluding hydrogens is 260 g/mol. The van der Waals surface area contributed by atoms with Crippen LogP contribution in [0.4, 0.5) is 8.78 Å². The minimum absolute atomic E-state index is 0.123. The Hall–Kier alpha value is -1.39. The van der Waals surface area contributed by atoms with Crippen LogP contribution in [0.15, 0.2) is 28.7 Å². The Labute approximate surface area is 109 Å². The second kappa shape index (κ2) is 5.50. The van der Waals surface area contributed by atoms with Crippen molar-refractivity contribution < 1.29 is 13.2 Å². The van der Waals surface area contributed by atoms with E-state index in [2.05, 4.69) is 5.32 Å². The standard InChI is InChI=1S/C13H12ClF2NO/c1-2-17-7-8-3-4-13(18-8)9-5-11(15)12(16)6-10(9)14/h3-6,17H,2,7H2,1H3. The Morgan fingerprint density at radius 2 is 1.94 bits per heavy atom. The van der Waals surface area contributed by atoms with Crippen molar-refractivity contribution in [2.45, 2.75) is 13.5 Å². The van der Waals surface area contributed by atoms with Gasteiger partial charge in [-0.3, -0.25) is 0 Å². The molecular formula is C13H12ClF2NO. The van der Waals surface area contributed by atoms with Crippen molar-refractivity contribution >= 4 is 11.6 Å². The minimum Gasteiger partial charge on any atom is -0.460 e. The number of halogens is 3. The lowest BCUT2D eigenvalue weighted by molar-refractivity contribution is 0.494. The zero-order valence-electron chi connectivity index (χ0n) is 9.77. The van der Waals surface area contributed by atoms with E-state index in [-0.39, 0.29) is 5.02 Å². The van der Waals surface area contributed by atoms with E-state index in [1.165, 1.54) is 0 Å². The summed E-state index contributed by atoms with van der Waals surface area (Å²) in [6.07, 6.45) is 0. The molecule has 5 heteroatoms. The lowest BCUT2D eigenvalue weighted by Gasteiger charge is -2.02. The van der Waals surface area contributed by atoms with Crippen molar-refractivity contribution in [1.82, 2.24) is 5.32 Å². The summed E-state index contributed by atoms with van der Waals surface area (Å²) in [7, 11) is 0. The van der Waals surface area contributed by atoms with E-state index in [1.54, 1.807) is 12.1 Å². The molecule has 0 aliphatic rings. The van der Waals surface area contributed by atoms with E-state index < -0.39 is 11.6 Å². The van der Waals surface area contributed by atoms with Gasteiger partial charge in [0.15, 0.2) is 11.6 Å². The molecule has 18 heavy (non-hydrogen) atoms. The highest BCUT2D eigenvalue weighted by atomic mass is 35.5. The monoisotopic (exact) mass is 271 g/mol. The van der Waals surface area contributed by atoms with Crippen LogP contribution in [0.3, 0.4) is 0 Å². The topological polar surface area (TPSA) is 25.2 Å². The van der Waals surface area contributed by atoms with Crippen LogP contribution in [0.5, 0.6) is 0 Å². The summed E-state index contributed by atoms with van der Waals surface area (Å²) in [6, 6.07) is 5.44. The van der Waals surface area contributed by atoms with E-state index in [0.717, 1.165) is 18.7 Å². The summed E-state index contributed by atoms with van der Waals surface area (Å²) in [6.45, 7) is 3.38. The smallest absolute Gasteiger partial charge is 0.160 e. The van der Waals surface area contributed by atoms with Crippen LogP contribution < -0.4 is 5.32 Å². The molecule has 1 aromatic carbocycles. The maximum atomic E-state index is 13.2. The Morgan fingerprint density at radius 3 is 2.67 bits per heavy atom. The first-order valence-electron chi connectivity index (χ1n) is 5.56. The Kier molecular flexibility index (Phi) is 3.99. The molecule has 1 aromatic heterocycles. The molecule has 0 aliphatic heterocycles. The molecule has 2 nitrogen and oxygen atoms in total. The third kappa shape index (κ3) is 2.71. The van der Waals surface area contributed by atoms with E-state index in [0.29, 0.717) is 23.6 Å². The number of benzene rings is 1. The Bertz CT molecular complexity index is 554. The van der Waals surface area contributed by atoms with Crippen LogP contribution in [0.1, 0.15) is 12.7 Å². The van der Waals surface area contributed by atoms with Gasteiger partial charge in [0, 0.05) is 5.56 Å². The van der Waals surface area contributed by atoms with Gasteiger partial charge in [0.05, 0.1) is 11.6 Å². The molecule has 0 unspecified atom stereocenters. The zero-order chi connectivity index (χ0) is 13.1. The van der Waals surface area contributed by atoms with E-state index in [4.69, 9.17) is 16.0 Å². The SMILES string of the molecule is CCNCc1ccc(-c2cc(F)c(F)cc2Cl)o1. The molecule has 0 saturated carbocycles. The van der Waals surface area contributed by atoms with Crippen LogP contribution in [0, 0.1) is 11.6 Å². The molecule has 0 amide bonds. The lowest BCUT2D eigenvalue weighted by Crippen LogP contribution is -2.10. The molecule has 2 rings (SSSR count). The fourth-order valence-corrected chi connectivity index (χ4v) is 1.82. The van der Waals surface area contributed by atoms with Gasteiger partial charge in [0.25, 0.3) is 0 Å². The third-order valence-electron chi connectivity index (χ3n) is 2.49. The number of hydrogen-bond donors (Lipinski definition) is 1. The van der Waals surface area contributed by atoms with Crippen molar-refractivity contribution in [3.8, 4) is 11.3 Å². The number of hydrogen-bond acceptors (Lipinski definition) is 2. The normalized spacial score (nSPS) is 10.9. The van der Waals surface area contributed by atoms with Crippen LogP contribution >= 0.6 is 11.6 Å². The summed E-state index contributed by atoms with van der Waals surface area (Å²) >= 11 is 5.87. The summed E-state index contributed by atoms with van der Waals surface area (Å²) < 4.78 is 31.6. The first-order chi connectivity index (χ1) is 8.61. The molecule has 0 spiro atoms. The Morgan fingerprint density at radius 1 is 1.22 bits per heavy atom. The summed E-state index contributed by atoms with van der Waals surface area (Å²) in [5.41, 5.74) is 0.346. The second-order valence-electron chi connectivity index (χ2n) is 3.79. The molecule has 0 radical (unpaired) electrons. The lowest BCUT2D eigenvalue weighted by atomic mass is 10.1. The van der Waals surface area contributed by atoms with Crippen molar-refractivity contribution in [1.29, 1.82) is 0 Å². The predicted molar refractivity (Wildman–Crippen MR) is 66.5 cm³/mol. The van der Waals surface area contributed by atoms with Crippen molar-refractivity contribution in [3.05, 3.63) is 46.7 Å². The first kappa shape index (κ1) is 13.1. The highest BCUT2D eigenvalue weighted by Crippen LogP contribution is 2.31. The van der Waals surface area contributed by atoms with E-state index >= 15 is 0 Å². The quantitative estimate of drug-likeness (QED) is 0.851. The van der Waals surface area contributed by atoms with Gasteiger partial charge < -0.3 is 9.73 Å². The van der Waals surface area contributed by atoms with Gasteiger partial charge in [-0.05, 0) is 30.8 Å². The highest BCUT2D eigenvalue weighted by molar-refractivity contribution is 6.33. The van der Waals surface area contributed by atoms with Gasteiger partial charge in [-0.25, -0.2) is 8.78 Å². The summed E-state index contributed by atoms with van der Waals surface area (Å²) in [5, 5.41) is 3.23. The molecule has 1 heterocycles. The van der Waals surface area contributed by atoms with Gasteiger partial charge in [-0.2, -0.15) is 0 Å². The van der Waals surface area contributed by atoms with E-state index in [1.807, 2.05) is 6.92 Å². The van der Waals surface area contributed by atoms with Crippen LogP contribution in [0.2, 0.25) is 5.02 Å². The van der Waals surface area contributed by atoms with Crippen molar-refractivity contribution in [2.75, 3.05) is 6.54 Å². The average molecular weight is 272 g/mol. The minimum atomic E-state index is -0.969. The fourth-order valence-electron chi connectivity index (χ4n) is 1.58. The molecule has 1 N–H and O–H groups in total. The summed E-state index contributed by atoms with van der Waals surface area (Å²) in [4.78, 5) is 0. The molecule has 96 valence electrons. The van der Waals surface area contributed by atoms with Crippen molar-refractivity contribution in [2.24, 2.45) is 0 Å². The van der Waals surface area contributed by atoms with Gasteiger partial charge in [-0.15, -0.1) is 0 Å². The van der Waals surface area contributed by atoms with Gasteiger partial charge in [0.1, 0.15) is 11.5 Å². The van der Waals surface area contributed by atoms with Gasteiger partial charge in [-0.1, -0.05) is 18.5 Å². The molecule has 0 bridgehead atoms. The Balaban J connectivity index is 2.31. The molecule has 0 atom stereocenters. The van der Waals surface area contributed by atoms with Crippen LogP contribution in [-0.4, -0.2) is 6.54 Å².